The van der Waals surface area contributed by atoms with Crippen molar-refractivity contribution in [2.45, 2.75) is 92.7 Å². The Balaban J connectivity index is 1.17. The molecule has 1 unspecified atom stereocenters. The lowest BCUT2D eigenvalue weighted by molar-refractivity contribution is -0.167. The molecule has 1 aromatic carbocycles. The zero-order valence-electron chi connectivity index (χ0n) is 22.7. The summed E-state index contributed by atoms with van der Waals surface area (Å²) in [6.07, 6.45) is 7.15. The summed E-state index contributed by atoms with van der Waals surface area (Å²) in [5.74, 6) is 0.0542. The van der Waals surface area contributed by atoms with Crippen molar-refractivity contribution in [3.8, 4) is 0 Å². The minimum atomic E-state index is -1.08. The topological polar surface area (TPSA) is 127 Å². The zero-order valence-corrected chi connectivity index (χ0v) is 22.7. The second-order valence-corrected chi connectivity index (χ2v) is 13.6. The average Bonchev–Trinajstić information content (AvgIpc) is 3.54. The van der Waals surface area contributed by atoms with Gasteiger partial charge in [0.25, 0.3) is 0 Å². The number of allylic oxidation sites excluding steroid dienone is 1. The molecular weight excluding hydrogens is 508 g/mol. The van der Waals surface area contributed by atoms with Crippen molar-refractivity contribution in [3.63, 3.8) is 0 Å². The molecule has 4 fully saturated rings. The number of β-amino-alcohol motifs (C(OH)–C–C–N with tert-alkyl or cyclic N) is 2. The molecule has 0 radical (unpaired) electrons. The predicted octanol–water partition coefficient (Wildman–Crippen LogP) is 1.80. The molecule has 40 heavy (non-hydrogen) atoms. The first-order chi connectivity index (χ1) is 19.2. The SMILES string of the molecule is C[C@]12CC=C3C=C4[C@H](O)[C@H](O)[C@@H](N5C[C@H](O)[C@@H](O)C5)C[C@]45CCC3(O5)[C@@H]1C[C@@H](O)[C@@H]2c1ccc2ccncc2c1. The molecule has 11 atom stereocenters. The minimum Gasteiger partial charge on any atom is -0.392 e. The van der Waals surface area contributed by atoms with Gasteiger partial charge in [-0.05, 0) is 71.7 Å². The van der Waals surface area contributed by atoms with Crippen molar-refractivity contribution in [2.75, 3.05) is 13.1 Å². The van der Waals surface area contributed by atoms with Gasteiger partial charge in [-0.1, -0.05) is 31.2 Å². The van der Waals surface area contributed by atoms with Crippen molar-refractivity contribution < 1.29 is 30.3 Å². The number of hydrogen-bond donors (Lipinski definition) is 5. The van der Waals surface area contributed by atoms with Crippen LogP contribution < -0.4 is 0 Å². The number of ether oxygens (including phenoxy) is 1. The number of pyridine rings is 1. The minimum absolute atomic E-state index is 0.0427. The van der Waals surface area contributed by atoms with Crippen LogP contribution in [0, 0.1) is 11.3 Å². The fourth-order valence-electron chi connectivity index (χ4n) is 9.75. The summed E-state index contributed by atoms with van der Waals surface area (Å²) in [6.45, 7) is 2.82. The molecular formula is C32H38N2O6. The van der Waals surface area contributed by atoms with E-state index < -0.39 is 47.8 Å². The van der Waals surface area contributed by atoms with E-state index in [0.717, 1.165) is 46.7 Å². The third-order valence-corrected chi connectivity index (χ3v) is 11.7. The number of likely N-dealkylation sites (tertiary alicyclic amines) is 1. The van der Waals surface area contributed by atoms with Crippen molar-refractivity contribution in [2.24, 2.45) is 11.3 Å². The maximum Gasteiger partial charge on any atom is 0.105 e. The second-order valence-electron chi connectivity index (χ2n) is 13.6. The van der Waals surface area contributed by atoms with Crippen LogP contribution in [0.15, 0.2) is 60.0 Å². The Kier molecular flexibility index (Phi) is 5.39. The molecule has 1 aromatic heterocycles. The van der Waals surface area contributed by atoms with E-state index in [1.165, 1.54) is 0 Å². The lowest BCUT2D eigenvalue weighted by Crippen LogP contribution is -2.62. The molecule has 2 bridgehead atoms. The summed E-state index contributed by atoms with van der Waals surface area (Å²) in [6, 6.07) is 8.03. The highest BCUT2D eigenvalue weighted by molar-refractivity contribution is 5.82. The van der Waals surface area contributed by atoms with Crippen LogP contribution in [0.2, 0.25) is 0 Å². The third-order valence-electron chi connectivity index (χ3n) is 11.7. The van der Waals surface area contributed by atoms with Gasteiger partial charge < -0.3 is 30.3 Å². The summed E-state index contributed by atoms with van der Waals surface area (Å²) in [4.78, 5) is 6.21. The highest BCUT2D eigenvalue weighted by Gasteiger charge is 2.69. The molecule has 8 rings (SSSR count). The quantitative estimate of drug-likeness (QED) is 0.386. The molecule has 4 heterocycles. The summed E-state index contributed by atoms with van der Waals surface area (Å²) in [5, 5.41) is 56.8. The molecule has 3 aliphatic carbocycles. The molecule has 2 saturated heterocycles. The van der Waals surface area contributed by atoms with Crippen molar-refractivity contribution in [1.82, 2.24) is 9.88 Å². The summed E-state index contributed by atoms with van der Waals surface area (Å²) >= 11 is 0. The number of hydrogen-bond acceptors (Lipinski definition) is 8. The Morgan fingerprint density at radius 3 is 2.58 bits per heavy atom. The Morgan fingerprint density at radius 2 is 1.77 bits per heavy atom. The van der Waals surface area contributed by atoms with Gasteiger partial charge >= 0.3 is 0 Å². The zero-order chi connectivity index (χ0) is 27.6. The van der Waals surface area contributed by atoms with Gasteiger partial charge in [0.1, 0.15) is 6.10 Å². The van der Waals surface area contributed by atoms with Crippen LogP contribution in [0.1, 0.15) is 50.5 Å². The maximum atomic E-state index is 11.6. The molecule has 8 heteroatoms. The standard InChI is InChI=1S/C32H38N2O6/c1-30-6-4-20-11-21-28(38)29(39)22(34-15-24(36)25(37)16-34)13-31(21)7-8-32(20,40-31)26(30)12-23(35)27(30)18-3-2-17-5-9-33-14-19(17)10-18/h2-5,9-11,14,22-29,35-39H,6-8,12-13,15-16H2,1H3/t22-,23+,24-,25-,26+,27-,28-,29+,30-,31+,32?/m0/s1. The first kappa shape index (κ1) is 25.5. The monoisotopic (exact) mass is 546 g/mol. The van der Waals surface area contributed by atoms with Gasteiger partial charge in [-0.2, -0.15) is 0 Å². The molecule has 0 amide bonds. The Bertz CT molecular complexity index is 1430. The lowest BCUT2D eigenvalue weighted by atomic mass is 9.58. The van der Waals surface area contributed by atoms with Gasteiger partial charge in [-0.15, -0.1) is 0 Å². The smallest absolute Gasteiger partial charge is 0.105 e. The molecule has 2 aromatic rings. The fourth-order valence-corrected chi connectivity index (χ4v) is 9.75. The van der Waals surface area contributed by atoms with Crippen molar-refractivity contribution in [3.05, 3.63) is 65.5 Å². The Morgan fingerprint density at radius 1 is 0.975 bits per heavy atom. The van der Waals surface area contributed by atoms with E-state index in [1.54, 1.807) is 6.20 Å². The first-order valence-corrected chi connectivity index (χ1v) is 14.8. The van der Waals surface area contributed by atoms with Gasteiger partial charge in [0.05, 0.1) is 35.6 Å². The predicted molar refractivity (Wildman–Crippen MR) is 147 cm³/mol. The van der Waals surface area contributed by atoms with Crippen LogP contribution in [0.3, 0.4) is 0 Å². The van der Waals surface area contributed by atoms with Gasteiger partial charge in [-0.3, -0.25) is 9.88 Å². The van der Waals surface area contributed by atoms with E-state index in [9.17, 15) is 25.5 Å². The van der Waals surface area contributed by atoms with Crippen molar-refractivity contribution >= 4 is 10.8 Å². The maximum absolute atomic E-state index is 11.6. The van der Waals surface area contributed by atoms with Gasteiger partial charge in [-0.25, -0.2) is 0 Å². The van der Waals surface area contributed by atoms with E-state index in [1.807, 2.05) is 17.2 Å². The van der Waals surface area contributed by atoms with E-state index >= 15 is 0 Å². The molecule has 212 valence electrons. The number of nitrogens with zero attached hydrogens (tertiary/aromatic N) is 2. The number of aliphatic hydroxyl groups excluding tert-OH is 5. The fraction of sp³-hybridized carbons (Fsp3) is 0.594. The molecule has 6 aliphatic rings. The van der Waals surface area contributed by atoms with E-state index in [-0.39, 0.29) is 30.3 Å². The second kappa shape index (κ2) is 8.44. The third kappa shape index (κ3) is 3.24. The largest absolute Gasteiger partial charge is 0.392 e. The molecule has 2 spiro atoms. The van der Waals surface area contributed by atoms with Crippen LogP contribution in [-0.4, -0.2) is 96.3 Å². The number of fused-ring (bicyclic) bond motifs is 2. The van der Waals surface area contributed by atoms with Gasteiger partial charge in [0.2, 0.25) is 0 Å². The summed E-state index contributed by atoms with van der Waals surface area (Å²) < 4.78 is 7.24. The lowest BCUT2D eigenvalue weighted by Gasteiger charge is -2.56. The van der Waals surface area contributed by atoms with Crippen molar-refractivity contribution in [1.29, 1.82) is 0 Å². The van der Waals surface area contributed by atoms with E-state index in [2.05, 4.69) is 42.3 Å². The molecule has 8 nitrogen and oxygen atoms in total. The number of rotatable bonds is 2. The molecule has 5 N–H and O–H groups in total. The van der Waals surface area contributed by atoms with E-state index in [4.69, 9.17) is 4.74 Å². The summed E-state index contributed by atoms with van der Waals surface area (Å²) in [7, 11) is 0. The van der Waals surface area contributed by atoms with Crippen LogP contribution in [0.5, 0.6) is 0 Å². The average molecular weight is 547 g/mol. The van der Waals surface area contributed by atoms with E-state index in [0.29, 0.717) is 12.8 Å². The highest BCUT2D eigenvalue weighted by Crippen LogP contribution is 2.69. The first-order valence-electron chi connectivity index (χ1n) is 14.8. The van der Waals surface area contributed by atoms with Crippen LogP contribution in [-0.2, 0) is 4.74 Å². The molecule has 3 aliphatic heterocycles. The van der Waals surface area contributed by atoms with Crippen LogP contribution >= 0.6 is 0 Å². The summed E-state index contributed by atoms with van der Waals surface area (Å²) in [5.41, 5.74) is 1.47. The van der Waals surface area contributed by atoms with Gasteiger partial charge in [0, 0.05) is 48.7 Å². The van der Waals surface area contributed by atoms with Crippen LogP contribution in [0.4, 0.5) is 0 Å². The highest BCUT2D eigenvalue weighted by atomic mass is 16.5. The molecule has 2 saturated carbocycles. The Hall–Kier alpha value is -2.17. The normalized spacial score (nSPS) is 48.0. The Labute approximate surface area is 233 Å². The van der Waals surface area contributed by atoms with Crippen LogP contribution in [0.25, 0.3) is 10.8 Å². The number of aliphatic hydroxyl groups is 5. The number of benzene rings is 1. The number of aromatic nitrogens is 1. The van der Waals surface area contributed by atoms with Gasteiger partial charge in [0.15, 0.2) is 0 Å².